The van der Waals surface area contributed by atoms with Crippen LogP contribution in [0, 0.1) is 12.7 Å². The maximum Gasteiger partial charge on any atom is 0.131 e. The monoisotopic (exact) mass is 268 g/mol. The highest BCUT2D eigenvalue weighted by Crippen LogP contribution is 2.41. The average molecular weight is 269 g/mol. The third kappa shape index (κ3) is 1.89. The molecular weight excluding hydrogens is 255 g/mol. The van der Waals surface area contributed by atoms with E-state index in [2.05, 4.69) is 0 Å². The molecule has 0 aliphatic rings. The second-order valence-electron chi connectivity index (χ2n) is 3.99. The molecule has 0 bridgehead atoms. The van der Waals surface area contributed by atoms with Crippen LogP contribution in [0.1, 0.15) is 11.1 Å². The van der Waals surface area contributed by atoms with Gasteiger partial charge in [-0.15, -0.1) is 11.6 Å². The number of halogens is 2. The number of hydrogen-bond acceptors (Lipinski definition) is 2. The Hall–Kier alpha value is -1.48. The minimum Gasteiger partial charge on any atom is -0.496 e. The molecule has 0 saturated carbocycles. The van der Waals surface area contributed by atoms with E-state index in [1.165, 1.54) is 12.1 Å². The lowest BCUT2D eigenvalue weighted by atomic mass is 9.99. The smallest absolute Gasteiger partial charge is 0.131 e. The SMILES string of the molecule is COc1c(C)c(CCl)c(OC)c2ccc(F)cc12. The fourth-order valence-electron chi connectivity index (χ4n) is 2.23. The summed E-state index contributed by atoms with van der Waals surface area (Å²) in [6, 6.07) is 4.53. The van der Waals surface area contributed by atoms with Crippen LogP contribution in [0.4, 0.5) is 4.39 Å². The van der Waals surface area contributed by atoms with E-state index in [0.717, 1.165) is 16.5 Å². The molecular formula is C14H14ClFO2. The van der Waals surface area contributed by atoms with E-state index in [1.807, 2.05) is 6.92 Å². The van der Waals surface area contributed by atoms with Gasteiger partial charge in [0.2, 0.25) is 0 Å². The van der Waals surface area contributed by atoms with Crippen LogP contribution in [0.5, 0.6) is 11.5 Å². The van der Waals surface area contributed by atoms with Crippen LogP contribution in [0.15, 0.2) is 18.2 Å². The molecule has 0 aliphatic carbocycles. The molecule has 96 valence electrons. The lowest BCUT2D eigenvalue weighted by Gasteiger charge is -2.17. The van der Waals surface area contributed by atoms with Crippen molar-refractivity contribution in [3.05, 3.63) is 35.1 Å². The van der Waals surface area contributed by atoms with E-state index in [9.17, 15) is 4.39 Å². The maximum absolute atomic E-state index is 13.4. The summed E-state index contributed by atoms with van der Waals surface area (Å²) in [7, 11) is 3.15. The van der Waals surface area contributed by atoms with Gasteiger partial charge in [0.1, 0.15) is 17.3 Å². The molecule has 0 aromatic heterocycles. The summed E-state index contributed by atoms with van der Waals surface area (Å²) < 4.78 is 24.2. The van der Waals surface area contributed by atoms with Gasteiger partial charge in [-0.1, -0.05) is 0 Å². The maximum atomic E-state index is 13.4. The minimum atomic E-state index is -0.305. The Morgan fingerprint density at radius 3 is 2.33 bits per heavy atom. The predicted molar refractivity (Wildman–Crippen MR) is 71.3 cm³/mol. The molecule has 2 rings (SSSR count). The molecule has 0 aliphatic heterocycles. The second kappa shape index (κ2) is 5.02. The summed E-state index contributed by atoms with van der Waals surface area (Å²) in [5.41, 5.74) is 1.75. The molecule has 4 heteroatoms. The quantitative estimate of drug-likeness (QED) is 0.782. The lowest BCUT2D eigenvalue weighted by molar-refractivity contribution is 0.405. The van der Waals surface area contributed by atoms with Crippen molar-refractivity contribution in [2.24, 2.45) is 0 Å². The standard InChI is InChI=1S/C14H14ClFO2/c1-8-12(7-15)14(18-3)10-5-4-9(16)6-11(10)13(8)17-2/h4-6H,7H2,1-3H3. The fourth-order valence-corrected chi connectivity index (χ4v) is 2.55. The van der Waals surface area contributed by atoms with Gasteiger partial charge in [0.15, 0.2) is 0 Å². The van der Waals surface area contributed by atoms with E-state index < -0.39 is 0 Å². The van der Waals surface area contributed by atoms with Crippen molar-refractivity contribution in [1.29, 1.82) is 0 Å². The Morgan fingerprint density at radius 1 is 1.11 bits per heavy atom. The molecule has 0 unspecified atom stereocenters. The predicted octanol–water partition coefficient (Wildman–Crippen LogP) is 4.04. The molecule has 2 nitrogen and oxygen atoms in total. The van der Waals surface area contributed by atoms with Gasteiger partial charge >= 0.3 is 0 Å². The topological polar surface area (TPSA) is 18.5 Å². The third-order valence-corrected chi connectivity index (χ3v) is 3.35. The molecule has 0 radical (unpaired) electrons. The number of methoxy groups -OCH3 is 2. The largest absolute Gasteiger partial charge is 0.496 e. The van der Waals surface area contributed by atoms with Gasteiger partial charge in [0.05, 0.1) is 20.1 Å². The first-order chi connectivity index (χ1) is 8.63. The van der Waals surface area contributed by atoms with Gasteiger partial charge in [-0.25, -0.2) is 4.39 Å². The Balaban J connectivity index is 2.95. The van der Waals surface area contributed by atoms with Crippen LogP contribution < -0.4 is 9.47 Å². The molecule has 0 heterocycles. The number of alkyl halides is 1. The molecule has 18 heavy (non-hydrogen) atoms. The molecule has 0 spiro atoms. The normalized spacial score (nSPS) is 10.7. The highest BCUT2D eigenvalue weighted by atomic mass is 35.5. The molecule has 2 aromatic carbocycles. The van der Waals surface area contributed by atoms with Crippen LogP contribution >= 0.6 is 11.6 Å². The van der Waals surface area contributed by atoms with Crippen LogP contribution in [0.3, 0.4) is 0 Å². The van der Waals surface area contributed by atoms with Crippen molar-refractivity contribution >= 4 is 22.4 Å². The highest BCUT2D eigenvalue weighted by molar-refractivity contribution is 6.18. The minimum absolute atomic E-state index is 0.305. The summed E-state index contributed by atoms with van der Waals surface area (Å²) in [6.07, 6.45) is 0. The molecule has 0 saturated heterocycles. The Bertz CT molecular complexity index is 596. The Labute approximate surface area is 110 Å². The number of ether oxygens (including phenoxy) is 2. The third-order valence-electron chi connectivity index (χ3n) is 3.08. The Morgan fingerprint density at radius 2 is 1.78 bits per heavy atom. The van der Waals surface area contributed by atoms with Crippen molar-refractivity contribution in [2.45, 2.75) is 12.8 Å². The van der Waals surface area contributed by atoms with Crippen LogP contribution in [0.2, 0.25) is 0 Å². The molecule has 0 fully saturated rings. The van der Waals surface area contributed by atoms with E-state index in [1.54, 1.807) is 20.3 Å². The van der Waals surface area contributed by atoms with Gasteiger partial charge < -0.3 is 9.47 Å². The lowest BCUT2D eigenvalue weighted by Crippen LogP contribution is -1.99. The van der Waals surface area contributed by atoms with E-state index in [-0.39, 0.29) is 5.82 Å². The first-order valence-electron chi connectivity index (χ1n) is 5.52. The summed E-state index contributed by atoms with van der Waals surface area (Å²) >= 11 is 5.97. The number of fused-ring (bicyclic) bond motifs is 1. The average Bonchev–Trinajstić information content (AvgIpc) is 2.37. The van der Waals surface area contributed by atoms with E-state index >= 15 is 0 Å². The van der Waals surface area contributed by atoms with Crippen molar-refractivity contribution in [1.82, 2.24) is 0 Å². The Kier molecular flexibility index (Phi) is 3.62. The number of rotatable bonds is 3. The van der Waals surface area contributed by atoms with Gasteiger partial charge in [0.25, 0.3) is 0 Å². The molecule has 0 amide bonds. The van der Waals surface area contributed by atoms with E-state index in [4.69, 9.17) is 21.1 Å². The van der Waals surface area contributed by atoms with Crippen LogP contribution in [-0.2, 0) is 5.88 Å². The fraction of sp³-hybridized carbons (Fsp3) is 0.286. The molecule has 0 atom stereocenters. The first kappa shape index (κ1) is 13.0. The molecule has 2 aromatic rings. The van der Waals surface area contributed by atoms with Crippen LogP contribution in [-0.4, -0.2) is 14.2 Å². The second-order valence-corrected chi connectivity index (χ2v) is 4.26. The molecule has 0 N–H and O–H groups in total. The van der Waals surface area contributed by atoms with Gasteiger partial charge in [-0.05, 0) is 30.7 Å². The van der Waals surface area contributed by atoms with Gasteiger partial charge in [0, 0.05) is 16.3 Å². The summed E-state index contributed by atoms with van der Waals surface area (Å²) in [5.74, 6) is 1.33. The zero-order chi connectivity index (χ0) is 13.3. The zero-order valence-corrected chi connectivity index (χ0v) is 11.3. The van der Waals surface area contributed by atoms with Crippen molar-refractivity contribution < 1.29 is 13.9 Å². The van der Waals surface area contributed by atoms with Gasteiger partial charge in [-0.2, -0.15) is 0 Å². The van der Waals surface area contributed by atoms with E-state index in [0.29, 0.717) is 22.8 Å². The summed E-state index contributed by atoms with van der Waals surface area (Å²) in [6.45, 7) is 1.89. The van der Waals surface area contributed by atoms with Crippen LogP contribution in [0.25, 0.3) is 10.8 Å². The van der Waals surface area contributed by atoms with Crippen molar-refractivity contribution in [3.8, 4) is 11.5 Å². The zero-order valence-electron chi connectivity index (χ0n) is 10.5. The highest BCUT2D eigenvalue weighted by Gasteiger charge is 2.17. The number of benzene rings is 2. The first-order valence-corrected chi connectivity index (χ1v) is 6.06. The summed E-state index contributed by atoms with van der Waals surface area (Å²) in [4.78, 5) is 0. The number of hydrogen-bond donors (Lipinski definition) is 0. The summed E-state index contributed by atoms with van der Waals surface area (Å²) in [5, 5.41) is 1.50. The van der Waals surface area contributed by atoms with Gasteiger partial charge in [-0.3, -0.25) is 0 Å². The van der Waals surface area contributed by atoms with Crippen molar-refractivity contribution in [2.75, 3.05) is 14.2 Å². The van der Waals surface area contributed by atoms with Crippen molar-refractivity contribution in [3.63, 3.8) is 0 Å².